The average molecular weight is 478 g/mol. The molecule has 4 rings (SSSR count). The standard InChI is InChI=1S/C25H30Cl2FN3O/c1-17(32)31-16-25(21-14-20(28)4-6-24(21)31)8-11-30(12-9-25)10-7-19(15-29-2)18-3-5-22(26)23(27)13-18/h3-6,13-14,19,29H,7-12,15-16H2,1-2H3. The third-order valence-corrected chi connectivity index (χ3v) is 7.87. The molecule has 32 heavy (non-hydrogen) atoms. The van der Waals surface area contributed by atoms with E-state index < -0.39 is 0 Å². The SMILES string of the molecule is CNCC(CCN1CCC2(CC1)CN(C(C)=O)c1ccc(F)cc12)c1ccc(Cl)c(Cl)c1. The molecule has 0 saturated carbocycles. The van der Waals surface area contributed by atoms with Crippen LogP contribution in [-0.4, -0.2) is 50.6 Å². The molecular formula is C25H30Cl2FN3O. The van der Waals surface area contributed by atoms with Crippen molar-refractivity contribution in [1.82, 2.24) is 10.2 Å². The number of carbonyl (C=O) groups excluding carboxylic acids is 1. The van der Waals surface area contributed by atoms with Crippen molar-refractivity contribution in [2.75, 3.05) is 44.7 Å². The summed E-state index contributed by atoms with van der Waals surface area (Å²) in [6.07, 6.45) is 2.87. The maximum absolute atomic E-state index is 14.1. The number of halogens is 3. The van der Waals surface area contributed by atoms with Crippen LogP contribution in [0.3, 0.4) is 0 Å². The molecule has 0 aromatic heterocycles. The van der Waals surface area contributed by atoms with Gasteiger partial charge in [0.2, 0.25) is 5.91 Å². The number of anilines is 1. The first-order chi connectivity index (χ1) is 15.3. The maximum Gasteiger partial charge on any atom is 0.223 e. The van der Waals surface area contributed by atoms with Gasteiger partial charge in [-0.1, -0.05) is 29.3 Å². The number of benzene rings is 2. The molecule has 1 fully saturated rings. The van der Waals surface area contributed by atoms with E-state index in [2.05, 4.69) is 16.3 Å². The second-order valence-electron chi connectivity index (χ2n) is 9.11. The van der Waals surface area contributed by atoms with Crippen LogP contribution in [0.2, 0.25) is 10.0 Å². The predicted octanol–water partition coefficient (Wildman–Crippen LogP) is 5.23. The molecule has 1 amide bonds. The molecule has 2 aromatic carbocycles. The Morgan fingerprint density at radius 3 is 2.56 bits per heavy atom. The molecule has 1 saturated heterocycles. The van der Waals surface area contributed by atoms with Crippen molar-refractivity contribution in [2.24, 2.45) is 0 Å². The van der Waals surface area contributed by atoms with E-state index in [4.69, 9.17) is 23.2 Å². The van der Waals surface area contributed by atoms with E-state index in [9.17, 15) is 9.18 Å². The number of nitrogens with zero attached hydrogens (tertiary/aromatic N) is 2. The van der Waals surface area contributed by atoms with Gasteiger partial charge in [-0.05, 0) is 93.3 Å². The zero-order valence-electron chi connectivity index (χ0n) is 18.6. The van der Waals surface area contributed by atoms with Crippen molar-refractivity contribution in [3.8, 4) is 0 Å². The van der Waals surface area contributed by atoms with Crippen LogP contribution in [0, 0.1) is 5.82 Å². The Balaban J connectivity index is 1.42. The number of rotatable bonds is 6. The first-order valence-corrected chi connectivity index (χ1v) is 12.0. The Kier molecular flexibility index (Phi) is 7.11. The largest absolute Gasteiger partial charge is 0.319 e. The average Bonchev–Trinajstić information content (AvgIpc) is 3.08. The van der Waals surface area contributed by atoms with Crippen LogP contribution in [0.4, 0.5) is 10.1 Å². The van der Waals surface area contributed by atoms with Gasteiger partial charge < -0.3 is 15.1 Å². The van der Waals surface area contributed by atoms with Crippen LogP contribution in [0.15, 0.2) is 36.4 Å². The molecule has 7 heteroatoms. The Morgan fingerprint density at radius 2 is 1.91 bits per heavy atom. The van der Waals surface area contributed by atoms with Gasteiger partial charge in [-0.3, -0.25) is 4.79 Å². The molecule has 2 aliphatic heterocycles. The minimum absolute atomic E-state index is 0.0219. The summed E-state index contributed by atoms with van der Waals surface area (Å²) in [5.41, 5.74) is 2.92. The van der Waals surface area contributed by atoms with E-state index in [0.29, 0.717) is 22.5 Å². The lowest BCUT2D eigenvalue weighted by molar-refractivity contribution is -0.116. The van der Waals surface area contributed by atoms with E-state index in [1.165, 1.54) is 11.6 Å². The molecule has 172 valence electrons. The van der Waals surface area contributed by atoms with Crippen molar-refractivity contribution in [3.05, 3.63) is 63.4 Å². The normalized spacial score (nSPS) is 18.7. The highest BCUT2D eigenvalue weighted by molar-refractivity contribution is 6.42. The van der Waals surface area contributed by atoms with Crippen LogP contribution >= 0.6 is 23.2 Å². The number of nitrogens with one attached hydrogen (secondary N) is 1. The Morgan fingerprint density at radius 1 is 1.16 bits per heavy atom. The lowest BCUT2D eigenvalue weighted by Crippen LogP contribution is -2.46. The third kappa shape index (κ3) is 4.67. The predicted molar refractivity (Wildman–Crippen MR) is 130 cm³/mol. The molecule has 0 aliphatic carbocycles. The van der Waals surface area contributed by atoms with Gasteiger partial charge in [0.25, 0.3) is 0 Å². The maximum atomic E-state index is 14.1. The van der Waals surface area contributed by atoms with Gasteiger partial charge in [-0.2, -0.15) is 0 Å². The van der Waals surface area contributed by atoms with Gasteiger partial charge in [0.05, 0.1) is 10.0 Å². The molecule has 2 aromatic rings. The van der Waals surface area contributed by atoms with Gasteiger partial charge in [-0.15, -0.1) is 0 Å². The summed E-state index contributed by atoms with van der Waals surface area (Å²) in [5.74, 6) is 0.140. The summed E-state index contributed by atoms with van der Waals surface area (Å²) < 4.78 is 14.1. The smallest absolute Gasteiger partial charge is 0.223 e. The summed E-state index contributed by atoms with van der Waals surface area (Å²) in [4.78, 5) is 16.5. The second-order valence-corrected chi connectivity index (χ2v) is 9.92. The number of amides is 1. The van der Waals surface area contributed by atoms with Crippen molar-refractivity contribution in [3.63, 3.8) is 0 Å². The van der Waals surface area contributed by atoms with Crippen molar-refractivity contribution in [2.45, 2.75) is 37.5 Å². The van der Waals surface area contributed by atoms with Gasteiger partial charge >= 0.3 is 0 Å². The van der Waals surface area contributed by atoms with Crippen LogP contribution in [0.25, 0.3) is 0 Å². The van der Waals surface area contributed by atoms with Crippen LogP contribution in [-0.2, 0) is 10.2 Å². The molecular weight excluding hydrogens is 448 g/mol. The Hall–Kier alpha value is -1.66. The fraction of sp³-hybridized carbons (Fsp3) is 0.480. The zero-order chi connectivity index (χ0) is 22.9. The van der Waals surface area contributed by atoms with Crippen molar-refractivity contribution < 1.29 is 9.18 Å². The first-order valence-electron chi connectivity index (χ1n) is 11.2. The highest BCUT2D eigenvalue weighted by atomic mass is 35.5. The molecule has 1 spiro atoms. The highest BCUT2D eigenvalue weighted by Crippen LogP contribution is 2.47. The number of hydrogen-bond acceptors (Lipinski definition) is 3. The molecule has 2 aliphatic rings. The van der Waals surface area contributed by atoms with Crippen LogP contribution in [0.5, 0.6) is 0 Å². The Bertz CT molecular complexity index is 991. The fourth-order valence-corrected chi connectivity index (χ4v) is 5.60. The number of piperidine rings is 1. The van der Waals surface area contributed by atoms with Gasteiger partial charge in [0.15, 0.2) is 0 Å². The molecule has 4 nitrogen and oxygen atoms in total. The van der Waals surface area contributed by atoms with E-state index in [0.717, 1.165) is 56.7 Å². The van der Waals surface area contributed by atoms with E-state index in [1.54, 1.807) is 19.1 Å². The number of fused-ring (bicyclic) bond motifs is 2. The van der Waals surface area contributed by atoms with Crippen molar-refractivity contribution >= 4 is 34.8 Å². The fourth-order valence-electron chi connectivity index (χ4n) is 5.29. The summed E-state index contributed by atoms with van der Waals surface area (Å²) in [7, 11) is 1.96. The summed E-state index contributed by atoms with van der Waals surface area (Å²) >= 11 is 12.3. The number of likely N-dealkylation sites (N-methyl/N-ethyl adjacent to an activating group) is 1. The first kappa shape index (κ1) is 23.5. The minimum Gasteiger partial charge on any atom is -0.319 e. The molecule has 2 heterocycles. The quantitative estimate of drug-likeness (QED) is 0.618. The zero-order valence-corrected chi connectivity index (χ0v) is 20.1. The minimum atomic E-state index is -0.229. The third-order valence-electron chi connectivity index (χ3n) is 7.13. The lowest BCUT2D eigenvalue weighted by Gasteiger charge is -2.40. The summed E-state index contributed by atoms with van der Waals surface area (Å²) in [6, 6.07) is 10.7. The number of likely N-dealkylation sites (tertiary alicyclic amines) is 1. The number of hydrogen-bond donors (Lipinski definition) is 1. The summed E-state index contributed by atoms with van der Waals surface area (Å²) in [6.45, 7) is 5.97. The topological polar surface area (TPSA) is 35.6 Å². The summed E-state index contributed by atoms with van der Waals surface area (Å²) in [5, 5.41) is 4.46. The van der Waals surface area contributed by atoms with Gasteiger partial charge in [0, 0.05) is 31.1 Å². The monoisotopic (exact) mass is 477 g/mol. The van der Waals surface area contributed by atoms with E-state index in [1.807, 2.05) is 24.1 Å². The highest BCUT2D eigenvalue weighted by Gasteiger charge is 2.45. The van der Waals surface area contributed by atoms with E-state index in [-0.39, 0.29) is 17.1 Å². The molecule has 0 bridgehead atoms. The van der Waals surface area contributed by atoms with E-state index >= 15 is 0 Å². The molecule has 1 atom stereocenters. The Labute approximate surface area is 199 Å². The second kappa shape index (κ2) is 9.68. The molecule has 1 N–H and O–H groups in total. The molecule has 0 radical (unpaired) electrons. The van der Waals surface area contributed by atoms with Crippen molar-refractivity contribution in [1.29, 1.82) is 0 Å². The molecule has 1 unspecified atom stereocenters. The van der Waals surface area contributed by atoms with Gasteiger partial charge in [0.1, 0.15) is 5.82 Å². The van der Waals surface area contributed by atoms with Crippen LogP contribution < -0.4 is 10.2 Å². The number of carbonyl (C=O) groups is 1. The van der Waals surface area contributed by atoms with Gasteiger partial charge in [-0.25, -0.2) is 4.39 Å². The lowest BCUT2D eigenvalue weighted by atomic mass is 9.74. The van der Waals surface area contributed by atoms with Crippen LogP contribution in [0.1, 0.15) is 43.2 Å².